The molecular weight excluding hydrogens is 711 g/mol. The van der Waals surface area contributed by atoms with Crippen LogP contribution in [0.15, 0.2) is 84.5 Å². The highest BCUT2D eigenvalue weighted by atomic mass is 32.1. The van der Waals surface area contributed by atoms with E-state index in [9.17, 15) is 19.2 Å². The van der Waals surface area contributed by atoms with Gasteiger partial charge in [-0.3, -0.25) is 14.4 Å². The number of thiazole rings is 1. The van der Waals surface area contributed by atoms with Crippen LogP contribution in [-0.4, -0.2) is 55.8 Å². The number of fused-ring (bicyclic) bond motifs is 1. The van der Waals surface area contributed by atoms with Crippen molar-refractivity contribution in [1.82, 2.24) is 4.98 Å². The van der Waals surface area contributed by atoms with E-state index in [1.54, 1.807) is 48.5 Å². The van der Waals surface area contributed by atoms with Gasteiger partial charge in [-0.05, 0) is 93.1 Å². The number of hydrogen-bond acceptors (Lipinski definition) is 13. The van der Waals surface area contributed by atoms with Crippen LogP contribution >= 0.6 is 11.3 Å². The Balaban J connectivity index is 1.03. The maximum absolute atomic E-state index is 13.3. The maximum atomic E-state index is 13.3. The standard InChI is InChI=1S/C41H45N3O9S/c1-3-38(46)50-25-11-7-5-4-6-10-24-49-32-18-20-33(21-19-32)52-39(47)29-14-16-30(17-15-29)40(48)53-36-23-22-34(51-28-45)26-31(36)27-42-44(2)41-43-35-12-8-9-13-37(35)54-41/h3,8-9,12-13,18-23,26-30H,1,4-7,10-11,14-17,24-25H2,2H3/b42-27+. The number of para-hydroxylation sites is 1. The molecule has 0 radical (unpaired) electrons. The van der Waals surface area contributed by atoms with Gasteiger partial charge in [-0.2, -0.15) is 5.10 Å². The van der Waals surface area contributed by atoms with Gasteiger partial charge < -0.3 is 23.7 Å². The quantitative estimate of drug-likeness (QED) is 0.0164. The van der Waals surface area contributed by atoms with E-state index in [4.69, 9.17) is 23.7 Å². The number of benzene rings is 3. The molecular formula is C41H45N3O9S. The fourth-order valence-electron chi connectivity index (χ4n) is 5.94. The van der Waals surface area contributed by atoms with Crippen LogP contribution in [0.5, 0.6) is 23.0 Å². The lowest BCUT2D eigenvalue weighted by Gasteiger charge is -2.26. The van der Waals surface area contributed by atoms with Gasteiger partial charge in [0.25, 0.3) is 6.47 Å². The van der Waals surface area contributed by atoms with Crippen molar-refractivity contribution in [3.63, 3.8) is 0 Å². The summed E-state index contributed by atoms with van der Waals surface area (Å²) in [5.74, 6) is -0.127. The Morgan fingerprint density at radius 3 is 2.15 bits per heavy atom. The average molecular weight is 756 g/mol. The normalized spacial score (nSPS) is 15.4. The van der Waals surface area contributed by atoms with Crippen molar-refractivity contribution in [2.75, 3.05) is 25.3 Å². The molecule has 1 fully saturated rings. The third-order valence-electron chi connectivity index (χ3n) is 8.96. The van der Waals surface area contributed by atoms with Gasteiger partial charge in [0.1, 0.15) is 23.0 Å². The van der Waals surface area contributed by atoms with E-state index in [-0.39, 0.29) is 35.3 Å². The first-order valence-electron chi connectivity index (χ1n) is 18.2. The van der Waals surface area contributed by atoms with E-state index in [1.807, 2.05) is 24.3 Å². The summed E-state index contributed by atoms with van der Waals surface area (Å²) in [7, 11) is 1.77. The molecule has 0 spiro atoms. The molecule has 3 aromatic carbocycles. The van der Waals surface area contributed by atoms with Crippen LogP contribution in [0.3, 0.4) is 0 Å². The van der Waals surface area contributed by atoms with Crippen molar-refractivity contribution < 1.29 is 42.9 Å². The van der Waals surface area contributed by atoms with Gasteiger partial charge in [0, 0.05) is 18.7 Å². The lowest BCUT2D eigenvalue weighted by Crippen LogP contribution is -2.30. The molecule has 0 saturated heterocycles. The van der Waals surface area contributed by atoms with Gasteiger partial charge >= 0.3 is 17.9 Å². The Hall–Kier alpha value is -5.56. The molecule has 0 aliphatic heterocycles. The minimum atomic E-state index is -0.403. The topological polar surface area (TPSA) is 143 Å². The van der Waals surface area contributed by atoms with Gasteiger partial charge in [-0.25, -0.2) is 14.8 Å². The zero-order chi connectivity index (χ0) is 38.1. The summed E-state index contributed by atoms with van der Waals surface area (Å²) in [5, 5.41) is 6.80. The molecule has 13 heteroatoms. The molecule has 1 aliphatic rings. The van der Waals surface area contributed by atoms with Crippen LogP contribution in [0.4, 0.5) is 5.13 Å². The predicted octanol–water partition coefficient (Wildman–Crippen LogP) is 8.07. The number of rotatable bonds is 20. The number of nitrogens with zero attached hydrogens (tertiary/aromatic N) is 3. The van der Waals surface area contributed by atoms with Gasteiger partial charge in [0.05, 0.1) is 41.5 Å². The largest absolute Gasteiger partial charge is 0.494 e. The van der Waals surface area contributed by atoms with Crippen molar-refractivity contribution in [3.8, 4) is 23.0 Å². The number of carbonyl (C=O) groups excluding carboxylic acids is 4. The lowest BCUT2D eigenvalue weighted by atomic mass is 9.82. The summed E-state index contributed by atoms with van der Waals surface area (Å²) in [6.45, 7) is 4.73. The number of hydrogen-bond donors (Lipinski definition) is 0. The Morgan fingerprint density at radius 1 is 0.833 bits per heavy atom. The second-order valence-corrected chi connectivity index (χ2v) is 13.9. The van der Waals surface area contributed by atoms with E-state index < -0.39 is 5.97 Å². The molecule has 0 bridgehead atoms. The Bertz CT molecular complexity index is 1870. The second kappa shape index (κ2) is 20.6. The number of ether oxygens (including phenoxy) is 5. The molecule has 5 rings (SSSR count). The second-order valence-electron chi connectivity index (χ2n) is 12.8. The van der Waals surface area contributed by atoms with Gasteiger partial charge in [0.15, 0.2) is 0 Å². The first-order chi connectivity index (χ1) is 26.3. The summed E-state index contributed by atoms with van der Waals surface area (Å²) in [4.78, 5) is 52.9. The molecule has 12 nitrogen and oxygen atoms in total. The molecule has 0 unspecified atom stereocenters. The smallest absolute Gasteiger partial charge is 0.330 e. The highest BCUT2D eigenvalue weighted by Crippen LogP contribution is 2.33. The van der Waals surface area contributed by atoms with E-state index in [2.05, 4.69) is 16.7 Å². The summed E-state index contributed by atoms with van der Waals surface area (Å²) in [6.07, 6.45) is 10.7. The van der Waals surface area contributed by atoms with Crippen LogP contribution in [-0.2, 0) is 23.9 Å². The molecule has 1 heterocycles. The van der Waals surface area contributed by atoms with Crippen molar-refractivity contribution in [3.05, 3.63) is 84.9 Å². The van der Waals surface area contributed by atoms with Crippen molar-refractivity contribution in [1.29, 1.82) is 0 Å². The molecule has 4 aromatic rings. The van der Waals surface area contributed by atoms with Gasteiger partial charge in [-0.1, -0.05) is 55.7 Å². The van der Waals surface area contributed by atoms with Gasteiger partial charge in [-0.15, -0.1) is 0 Å². The number of anilines is 1. The summed E-state index contributed by atoms with van der Waals surface area (Å²) < 4.78 is 28.3. The van der Waals surface area contributed by atoms with Crippen LogP contribution < -0.4 is 24.0 Å². The van der Waals surface area contributed by atoms with Crippen LogP contribution in [0, 0.1) is 11.8 Å². The molecule has 0 atom stereocenters. The fourth-order valence-corrected chi connectivity index (χ4v) is 6.82. The monoisotopic (exact) mass is 755 g/mol. The zero-order valence-corrected chi connectivity index (χ0v) is 31.2. The van der Waals surface area contributed by atoms with E-state index in [0.29, 0.717) is 67.6 Å². The third-order valence-corrected chi connectivity index (χ3v) is 10.1. The van der Waals surface area contributed by atoms with E-state index >= 15 is 0 Å². The molecule has 0 N–H and O–H groups in total. The molecule has 54 heavy (non-hydrogen) atoms. The van der Waals surface area contributed by atoms with Crippen LogP contribution in [0.1, 0.15) is 69.8 Å². The first kappa shape index (κ1) is 39.6. The number of esters is 3. The van der Waals surface area contributed by atoms with Gasteiger partial charge in [0.2, 0.25) is 5.13 Å². The molecule has 1 aliphatic carbocycles. The summed E-state index contributed by atoms with van der Waals surface area (Å²) in [5.41, 5.74) is 1.31. The van der Waals surface area contributed by atoms with E-state index in [1.165, 1.54) is 29.7 Å². The van der Waals surface area contributed by atoms with Crippen LogP contribution in [0.25, 0.3) is 10.2 Å². The molecule has 0 amide bonds. The lowest BCUT2D eigenvalue weighted by molar-refractivity contribution is -0.145. The fraction of sp³-hybridized carbons (Fsp3) is 0.366. The summed E-state index contributed by atoms with van der Waals surface area (Å²) >= 11 is 1.49. The minimum absolute atomic E-state index is 0.270. The zero-order valence-electron chi connectivity index (χ0n) is 30.4. The molecule has 284 valence electrons. The predicted molar refractivity (Wildman–Crippen MR) is 206 cm³/mol. The minimum Gasteiger partial charge on any atom is -0.494 e. The van der Waals surface area contributed by atoms with Crippen LogP contribution in [0.2, 0.25) is 0 Å². The maximum Gasteiger partial charge on any atom is 0.330 e. The number of carbonyl (C=O) groups is 4. The third kappa shape index (κ3) is 12.0. The highest BCUT2D eigenvalue weighted by molar-refractivity contribution is 7.22. The molecule has 1 aromatic heterocycles. The van der Waals surface area contributed by atoms with Crippen molar-refractivity contribution in [2.45, 2.75) is 64.2 Å². The SMILES string of the molecule is C=CC(=O)OCCCCCCCCOc1ccc(OC(=O)C2CCC(C(=O)Oc3ccc(OC=O)cc3/C=N/N(C)c3nc4ccccc4s3)CC2)cc1. The Labute approximate surface area is 318 Å². The van der Waals surface area contributed by atoms with Crippen molar-refractivity contribution >= 4 is 57.3 Å². The number of hydrazone groups is 1. The Kier molecular flexibility index (Phi) is 15.1. The number of unbranched alkanes of at least 4 members (excludes halogenated alkanes) is 5. The number of aromatic nitrogens is 1. The first-order valence-corrected chi connectivity index (χ1v) is 19.0. The van der Waals surface area contributed by atoms with E-state index in [0.717, 1.165) is 48.7 Å². The van der Waals surface area contributed by atoms with Crippen molar-refractivity contribution in [2.24, 2.45) is 16.9 Å². The summed E-state index contributed by atoms with van der Waals surface area (Å²) in [6, 6.07) is 19.5. The highest BCUT2D eigenvalue weighted by Gasteiger charge is 2.32. The Morgan fingerprint density at radius 2 is 1.46 bits per heavy atom. The molecule has 1 saturated carbocycles. The average Bonchev–Trinajstić information content (AvgIpc) is 3.64.